The Morgan fingerprint density at radius 3 is 2.75 bits per heavy atom. The molecule has 6 nitrogen and oxygen atoms in total. The lowest BCUT2D eigenvalue weighted by Gasteiger charge is -2.21. The first-order chi connectivity index (χ1) is 13.3. The van der Waals surface area contributed by atoms with Gasteiger partial charge in [0.2, 0.25) is 0 Å². The zero-order chi connectivity index (χ0) is 19.9. The van der Waals surface area contributed by atoms with Crippen molar-refractivity contribution < 1.29 is 18.8 Å². The summed E-state index contributed by atoms with van der Waals surface area (Å²) in [5.74, 6) is -1.07. The number of hydrogen-bond donors (Lipinski definition) is 3. The third-order valence-electron chi connectivity index (χ3n) is 4.70. The van der Waals surface area contributed by atoms with Crippen molar-refractivity contribution in [3.63, 3.8) is 0 Å². The van der Waals surface area contributed by atoms with Crippen LogP contribution < -0.4 is 16.0 Å². The highest BCUT2D eigenvalue weighted by atomic mass is 32.1. The normalized spacial score (nSPS) is 18.8. The SMILES string of the molecule is C[C@@]1(c2cccc(C(=O)NCc3cc4cc(F)ccc4s3)c2)NC(=O)NC1=O. The molecule has 2 heterocycles. The molecule has 0 saturated carbocycles. The van der Waals surface area contributed by atoms with Gasteiger partial charge in [-0.25, -0.2) is 9.18 Å². The number of urea groups is 1. The summed E-state index contributed by atoms with van der Waals surface area (Å²) in [6.07, 6.45) is 0. The fraction of sp³-hybridized carbons (Fsp3) is 0.150. The van der Waals surface area contributed by atoms with Crippen LogP contribution in [0.25, 0.3) is 10.1 Å². The van der Waals surface area contributed by atoms with Gasteiger partial charge in [-0.05, 0) is 54.3 Å². The van der Waals surface area contributed by atoms with E-state index in [4.69, 9.17) is 0 Å². The summed E-state index contributed by atoms with van der Waals surface area (Å²) < 4.78 is 14.3. The third-order valence-corrected chi connectivity index (χ3v) is 5.82. The van der Waals surface area contributed by atoms with Crippen LogP contribution in [-0.2, 0) is 16.9 Å². The highest BCUT2D eigenvalue weighted by Gasteiger charge is 2.43. The molecule has 1 aliphatic heterocycles. The van der Waals surface area contributed by atoms with Crippen molar-refractivity contribution in [3.05, 3.63) is 70.4 Å². The largest absolute Gasteiger partial charge is 0.347 e. The molecule has 1 aromatic heterocycles. The molecule has 0 radical (unpaired) electrons. The molecule has 4 rings (SSSR count). The molecule has 1 aliphatic rings. The zero-order valence-electron chi connectivity index (χ0n) is 14.8. The number of carbonyl (C=O) groups is 3. The molecule has 28 heavy (non-hydrogen) atoms. The first kappa shape index (κ1) is 18.1. The molecule has 4 amide bonds. The minimum atomic E-state index is -1.22. The van der Waals surface area contributed by atoms with Crippen LogP contribution in [-0.4, -0.2) is 17.8 Å². The van der Waals surface area contributed by atoms with E-state index in [0.29, 0.717) is 17.7 Å². The number of fused-ring (bicyclic) bond motifs is 1. The van der Waals surface area contributed by atoms with Crippen LogP contribution in [0.1, 0.15) is 27.7 Å². The van der Waals surface area contributed by atoms with Gasteiger partial charge in [-0.1, -0.05) is 12.1 Å². The van der Waals surface area contributed by atoms with E-state index in [2.05, 4.69) is 16.0 Å². The van der Waals surface area contributed by atoms with Crippen LogP contribution >= 0.6 is 11.3 Å². The van der Waals surface area contributed by atoms with Gasteiger partial charge in [0.15, 0.2) is 0 Å². The quantitative estimate of drug-likeness (QED) is 0.592. The van der Waals surface area contributed by atoms with Gasteiger partial charge in [-0.3, -0.25) is 14.9 Å². The van der Waals surface area contributed by atoms with Gasteiger partial charge in [0.1, 0.15) is 11.4 Å². The van der Waals surface area contributed by atoms with E-state index in [1.54, 1.807) is 37.3 Å². The summed E-state index contributed by atoms with van der Waals surface area (Å²) >= 11 is 1.48. The monoisotopic (exact) mass is 397 g/mol. The molecule has 0 aliphatic carbocycles. The van der Waals surface area contributed by atoms with Crippen molar-refractivity contribution in [2.45, 2.75) is 19.0 Å². The fourth-order valence-corrected chi connectivity index (χ4v) is 4.13. The lowest BCUT2D eigenvalue weighted by molar-refractivity contribution is -0.123. The Balaban J connectivity index is 1.50. The molecule has 0 bridgehead atoms. The molecule has 1 fully saturated rings. The molecule has 8 heteroatoms. The van der Waals surface area contributed by atoms with Crippen molar-refractivity contribution in [3.8, 4) is 0 Å². The van der Waals surface area contributed by atoms with Gasteiger partial charge in [-0.15, -0.1) is 11.3 Å². The van der Waals surface area contributed by atoms with E-state index in [9.17, 15) is 18.8 Å². The molecular weight excluding hydrogens is 381 g/mol. The third kappa shape index (κ3) is 3.22. The Kier molecular flexibility index (Phi) is 4.35. The second-order valence-corrected chi connectivity index (χ2v) is 7.86. The lowest BCUT2D eigenvalue weighted by Crippen LogP contribution is -2.40. The molecule has 1 atom stereocenters. The smallest absolute Gasteiger partial charge is 0.322 e. The van der Waals surface area contributed by atoms with E-state index in [0.717, 1.165) is 15.0 Å². The topological polar surface area (TPSA) is 87.3 Å². The second-order valence-electron chi connectivity index (χ2n) is 6.69. The first-order valence-electron chi connectivity index (χ1n) is 8.55. The van der Waals surface area contributed by atoms with Gasteiger partial charge in [-0.2, -0.15) is 0 Å². The predicted octanol–water partition coefficient (Wildman–Crippen LogP) is 3.03. The number of amides is 4. The van der Waals surface area contributed by atoms with Crippen molar-refractivity contribution >= 4 is 39.3 Å². The maximum atomic E-state index is 13.3. The van der Waals surface area contributed by atoms with E-state index in [1.807, 2.05) is 6.07 Å². The maximum absolute atomic E-state index is 13.3. The summed E-state index contributed by atoms with van der Waals surface area (Å²) in [6.45, 7) is 1.89. The second kappa shape index (κ2) is 6.72. The van der Waals surface area contributed by atoms with E-state index in [1.165, 1.54) is 23.5 Å². The van der Waals surface area contributed by atoms with Gasteiger partial charge in [0.05, 0.1) is 6.54 Å². The van der Waals surface area contributed by atoms with Crippen LogP contribution in [0, 0.1) is 5.82 Å². The average molecular weight is 397 g/mol. The van der Waals surface area contributed by atoms with Crippen molar-refractivity contribution in [1.82, 2.24) is 16.0 Å². The first-order valence-corrected chi connectivity index (χ1v) is 9.37. The Labute approximate surface area is 163 Å². The fourth-order valence-electron chi connectivity index (χ4n) is 3.14. The van der Waals surface area contributed by atoms with Crippen molar-refractivity contribution in [2.24, 2.45) is 0 Å². The van der Waals surface area contributed by atoms with Gasteiger partial charge < -0.3 is 10.6 Å². The van der Waals surface area contributed by atoms with Crippen LogP contribution in [0.4, 0.5) is 9.18 Å². The van der Waals surface area contributed by atoms with E-state index >= 15 is 0 Å². The molecule has 2 aromatic carbocycles. The number of rotatable bonds is 4. The number of imide groups is 1. The van der Waals surface area contributed by atoms with Gasteiger partial charge >= 0.3 is 6.03 Å². The van der Waals surface area contributed by atoms with Crippen LogP contribution in [0.5, 0.6) is 0 Å². The van der Waals surface area contributed by atoms with Gasteiger partial charge in [0.25, 0.3) is 11.8 Å². The maximum Gasteiger partial charge on any atom is 0.322 e. The Bertz CT molecular complexity index is 1130. The minimum absolute atomic E-state index is 0.297. The van der Waals surface area contributed by atoms with E-state index < -0.39 is 17.5 Å². The Morgan fingerprint density at radius 2 is 2.00 bits per heavy atom. The number of carbonyl (C=O) groups excluding carboxylic acids is 3. The van der Waals surface area contributed by atoms with Crippen LogP contribution in [0.15, 0.2) is 48.5 Å². The van der Waals surface area contributed by atoms with Crippen molar-refractivity contribution in [1.29, 1.82) is 0 Å². The van der Waals surface area contributed by atoms with Gasteiger partial charge in [0, 0.05) is 15.1 Å². The highest BCUT2D eigenvalue weighted by molar-refractivity contribution is 7.19. The summed E-state index contributed by atoms with van der Waals surface area (Å²) in [7, 11) is 0. The molecule has 0 spiro atoms. The lowest BCUT2D eigenvalue weighted by atomic mass is 9.91. The Hall–Kier alpha value is -3.26. The number of thiophene rings is 1. The average Bonchev–Trinajstić information content (AvgIpc) is 3.19. The van der Waals surface area contributed by atoms with E-state index in [-0.39, 0.29) is 11.7 Å². The number of benzene rings is 2. The molecule has 0 unspecified atom stereocenters. The Morgan fingerprint density at radius 1 is 1.18 bits per heavy atom. The zero-order valence-corrected chi connectivity index (χ0v) is 15.7. The molecule has 1 saturated heterocycles. The van der Waals surface area contributed by atoms with Crippen molar-refractivity contribution in [2.75, 3.05) is 0 Å². The molecule has 142 valence electrons. The summed E-state index contributed by atoms with van der Waals surface area (Å²) in [6, 6.07) is 12.4. The summed E-state index contributed by atoms with van der Waals surface area (Å²) in [4.78, 5) is 37.0. The number of nitrogens with one attached hydrogen (secondary N) is 3. The number of hydrogen-bond acceptors (Lipinski definition) is 4. The predicted molar refractivity (Wildman–Crippen MR) is 103 cm³/mol. The summed E-state index contributed by atoms with van der Waals surface area (Å²) in [5.41, 5.74) is -0.330. The highest BCUT2D eigenvalue weighted by Crippen LogP contribution is 2.27. The van der Waals surface area contributed by atoms with Crippen LogP contribution in [0.2, 0.25) is 0 Å². The molecular formula is C20H16FN3O3S. The summed E-state index contributed by atoms with van der Waals surface area (Å²) in [5, 5.41) is 8.41. The molecule has 3 aromatic rings. The standard InChI is InChI=1S/C20H16FN3O3S/c1-20(18(26)23-19(27)24-20)13-4-2-3-11(7-13)17(25)22-10-15-9-12-8-14(21)5-6-16(12)28-15/h2-9H,10H2,1H3,(H,22,25)(H2,23,24,26,27)/t20-/m0/s1. The van der Waals surface area contributed by atoms with Crippen LogP contribution in [0.3, 0.4) is 0 Å². The minimum Gasteiger partial charge on any atom is -0.347 e. The molecule has 3 N–H and O–H groups in total. The number of halogens is 1.